The maximum atomic E-state index is 11.3. The molecule has 0 atom stereocenters. The molecule has 0 aliphatic carbocycles. The lowest BCUT2D eigenvalue weighted by Crippen LogP contribution is -2.30. The molecular weight excluding hydrogens is 162 g/mol. The number of carbonyl (C=O) groups is 1. The summed E-state index contributed by atoms with van der Waals surface area (Å²) in [6, 6.07) is 0. The molecule has 0 fully saturated rings. The Kier molecular flexibility index (Phi) is 4.95. The van der Waals surface area contributed by atoms with Gasteiger partial charge in [0, 0.05) is 13.1 Å². The molecule has 0 spiro atoms. The van der Waals surface area contributed by atoms with Crippen molar-refractivity contribution in [1.29, 1.82) is 0 Å². The quantitative estimate of drug-likeness (QED) is 0.601. The molecule has 11 heavy (non-hydrogen) atoms. The van der Waals surface area contributed by atoms with E-state index in [1.54, 1.807) is 17.9 Å². The molecule has 0 heterocycles. The van der Waals surface area contributed by atoms with Gasteiger partial charge in [-0.15, -0.1) is 0 Å². The maximum Gasteiger partial charge on any atom is 0.264 e. The van der Waals surface area contributed by atoms with Gasteiger partial charge in [-0.05, 0) is 20.8 Å². The van der Waals surface area contributed by atoms with Crippen LogP contribution in [0.2, 0.25) is 0 Å². The lowest BCUT2D eigenvalue weighted by Gasteiger charge is -2.17. The van der Waals surface area contributed by atoms with Crippen molar-refractivity contribution >= 4 is 17.5 Å². The summed E-state index contributed by atoms with van der Waals surface area (Å²) in [5.41, 5.74) is 0. The van der Waals surface area contributed by atoms with E-state index >= 15 is 0 Å². The van der Waals surface area contributed by atoms with Gasteiger partial charge in [0.2, 0.25) is 0 Å². The molecule has 0 N–H and O–H groups in total. The number of halogens is 1. The third-order valence-corrected chi connectivity index (χ3v) is 1.89. The summed E-state index contributed by atoms with van der Waals surface area (Å²) >= 11 is 5.64. The first-order valence-electron chi connectivity index (χ1n) is 3.78. The molecule has 0 rings (SSSR count). The predicted molar refractivity (Wildman–Crippen MR) is 47.5 cm³/mol. The van der Waals surface area contributed by atoms with Crippen LogP contribution in [0.3, 0.4) is 0 Å². The van der Waals surface area contributed by atoms with Crippen LogP contribution in [0.4, 0.5) is 0 Å². The van der Waals surface area contributed by atoms with Crippen LogP contribution in [-0.4, -0.2) is 23.9 Å². The van der Waals surface area contributed by atoms with Gasteiger partial charge in [-0.3, -0.25) is 4.79 Å². The molecule has 0 saturated carbocycles. The number of likely N-dealkylation sites (N-methyl/N-ethyl adjacent to an activating group) is 1. The number of amides is 1. The Labute approximate surface area is 72.8 Å². The highest BCUT2D eigenvalue weighted by Crippen LogP contribution is 2.05. The van der Waals surface area contributed by atoms with Gasteiger partial charge in [0.25, 0.3) is 5.91 Å². The Hall–Kier alpha value is -0.500. The van der Waals surface area contributed by atoms with Crippen molar-refractivity contribution in [2.24, 2.45) is 0 Å². The van der Waals surface area contributed by atoms with Gasteiger partial charge in [-0.1, -0.05) is 17.7 Å². The van der Waals surface area contributed by atoms with Gasteiger partial charge in [0.05, 0.1) is 0 Å². The fourth-order valence-corrected chi connectivity index (χ4v) is 0.905. The van der Waals surface area contributed by atoms with Crippen LogP contribution in [0.15, 0.2) is 11.1 Å². The minimum atomic E-state index is -0.0841. The van der Waals surface area contributed by atoms with Crippen molar-refractivity contribution in [3.05, 3.63) is 11.1 Å². The van der Waals surface area contributed by atoms with Crippen LogP contribution in [0.25, 0.3) is 0 Å². The summed E-state index contributed by atoms with van der Waals surface area (Å²) in [6.07, 6.45) is 1.61. The smallest absolute Gasteiger partial charge is 0.264 e. The van der Waals surface area contributed by atoms with Crippen molar-refractivity contribution in [1.82, 2.24) is 4.90 Å². The van der Waals surface area contributed by atoms with E-state index in [1.807, 2.05) is 13.8 Å². The predicted octanol–water partition coefficient (Wildman–Crippen LogP) is 2.00. The van der Waals surface area contributed by atoms with Crippen molar-refractivity contribution in [3.8, 4) is 0 Å². The van der Waals surface area contributed by atoms with E-state index in [9.17, 15) is 4.79 Å². The Morgan fingerprint density at radius 2 is 1.91 bits per heavy atom. The second-order valence-electron chi connectivity index (χ2n) is 2.11. The standard InChI is InChI=1S/C8H14ClNO/c1-4-7(9)8(11)10(5-2)6-3/h4H,5-6H2,1-3H3/b7-4-. The monoisotopic (exact) mass is 175 g/mol. The largest absolute Gasteiger partial charge is 0.338 e. The van der Waals surface area contributed by atoms with Gasteiger partial charge >= 0.3 is 0 Å². The molecule has 0 unspecified atom stereocenters. The van der Waals surface area contributed by atoms with E-state index in [0.29, 0.717) is 18.1 Å². The van der Waals surface area contributed by atoms with Gasteiger partial charge < -0.3 is 4.90 Å². The highest BCUT2D eigenvalue weighted by atomic mass is 35.5. The summed E-state index contributed by atoms with van der Waals surface area (Å²) in [5, 5.41) is 0.300. The highest BCUT2D eigenvalue weighted by Gasteiger charge is 2.11. The number of nitrogens with zero attached hydrogens (tertiary/aromatic N) is 1. The minimum Gasteiger partial charge on any atom is -0.338 e. The molecule has 0 bridgehead atoms. The molecule has 0 aromatic rings. The normalized spacial score (nSPS) is 11.5. The van der Waals surface area contributed by atoms with Crippen LogP contribution in [0, 0.1) is 0 Å². The average Bonchev–Trinajstić information content (AvgIpc) is 2.05. The van der Waals surface area contributed by atoms with Gasteiger partial charge in [-0.25, -0.2) is 0 Å². The Bertz CT molecular complexity index is 161. The SMILES string of the molecule is C/C=C(\Cl)C(=O)N(CC)CC. The molecule has 3 heteroatoms. The lowest BCUT2D eigenvalue weighted by molar-refractivity contribution is -0.126. The number of hydrogen-bond donors (Lipinski definition) is 0. The first kappa shape index (κ1) is 10.5. The van der Waals surface area contributed by atoms with Crippen molar-refractivity contribution in [3.63, 3.8) is 0 Å². The number of allylic oxidation sites excluding steroid dienone is 1. The summed E-state index contributed by atoms with van der Waals surface area (Å²) in [5.74, 6) is -0.0841. The molecule has 2 nitrogen and oxygen atoms in total. The highest BCUT2D eigenvalue weighted by molar-refractivity contribution is 6.42. The van der Waals surface area contributed by atoms with Crippen molar-refractivity contribution in [2.75, 3.05) is 13.1 Å². The van der Waals surface area contributed by atoms with Crippen LogP contribution >= 0.6 is 11.6 Å². The van der Waals surface area contributed by atoms with E-state index in [0.717, 1.165) is 0 Å². The average molecular weight is 176 g/mol. The minimum absolute atomic E-state index is 0.0841. The molecule has 64 valence electrons. The fourth-order valence-electron chi connectivity index (χ4n) is 0.785. The first-order valence-corrected chi connectivity index (χ1v) is 4.16. The number of carbonyl (C=O) groups excluding carboxylic acids is 1. The summed E-state index contributed by atoms with van der Waals surface area (Å²) in [6.45, 7) is 7.03. The Morgan fingerprint density at radius 1 is 1.45 bits per heavy atom. The molecule has 0 aromatic carbocycles. The Balaban J connectivity index is 4.21. The molecule has 0 aliphatic heterocycles. The topological polar surface area (TPSA) is 20.3 Å². The van der Waals surface area contributed by atoms with Crippen LogP contribution in [0.1, 0.15) is 20.8 Å². The number of rotatable bonds is 3. The molecule has 1 amide bonds. The van der Waals surface area contributed by atoms with Crippen LogP contribution in [-0.2, 0) is 4.79 Å². The van der Waals surface area contributed by atoms with Crippen LogP contribution < -0.4 is 0 Å². The maximum absolute atomic E-state index is 11.3. The van der Waals surface area contributed by atoms with Crippen molar-refractivity contribution < 1.29 is 4.79 Å². The molecule has 0 saturated heterocycles. The van der Waals surface area contributed by atoms with Gasteiger partial charge in [-0.2, -0.15) is 0 Å². The van der Waals surface area contributed by atoms with E-state index < -0.39 is 0 Å². The van der Waals surface area contributed by atoms with E-state index in [4.69, 9.17) is 11.6 Å². The Morgan fingerprint density at radius 3 is 2.18 bits per heavy atom. The zero-order chi connectivity index (χ0) is 8.85. The molecule has 0 radical (unpaired) electrons. The lowest BCUT2D eigenvalue weighted by atomic mass is 10.4. The molecular formula is C8H14ClNO. The van der Waals surface area contributed by atoms with Crippen molar-refractivity contribution in [2.45, 2.75) is 20.8 Å². The molecule has 0 aliphatic rings. The third-order valence-electron chi connectivity index (χ3n) is 1.51. The molecule has 0 aromatic heterocycles. The summed E-state index contributed by atoms with van der Waals surface area (Å²) in [7, 11) is 0. The second kappa shape index (κ2) is 5.19. The summed E-state index contributed by atoms with van der Waals surface area (Å²) < 4.78 is 0. The van der Waals surface area contributed by atoms with Gasteiger partial charge in [0.1, 0.15) is 5.03 Å². The summed E-state index contributed by atoms with van der Waals surface area (Å²) in [4.78, 5) is 12.9. The zero-order valence-corrected chi connectivity index (χ0v) is 7.98. The zero-order valence-electron chi connectivity index (χ0n) is 7.22. The third kappa shape index (κ3) is 2.93. The van der Waals surface area contributed by atoms with E-state index in [-0.39, 0.29) is 5.91 Å². The first-order chi connectivity index (χ1) is 5.17. The second-order valence-corrected chi connectivity index (χ2v) is 2.52. The fraction of sp³-hybridized carbons (Fsp3) is 0.625. The van der Waals surface area contributed by atoms with Crippen LogP contribution in [0.5, 0.6) is 0 Å². The van der Waals surface area contributed by atoms with E-state index in [1.165, 1.54) is 0 Å². The van der Waals surface area contributed by atoms with E-state index in [2.05, 4.69) is 0 Å². The van der Waals surface area contributed by atoms with Gasteiger partial charge in [0.15, 0.2) is 0 Å². The number of hydrogen-bond acceptors (Lipinski definition) is 1.